The fraction of sp³-hybridized carbons (Fsp3) is 0.750. The van der Waals surface area contributed by atoms with Crippen molar-refractivity contribution in [2.24, 2.45) is 7.05 Å². The van der Waals surface area contributed by atoms with Gasteiger partial charge in [0.25, 0.3) is 0 Å². The third-order valence-electron chi connectivity index (χ3n) is 3.51. The Balaban J connectivity index is 2.86. The summed E-state index contributed by atoms with van der Waals surface area (Å²) in [5, 5.41) is 7.96. The highest BCUT2D eigenvalue weighted by Gasteiger charge is 2.31. The van der Waals surface area contributed by atoms with Crippen LogP contribution in [-0.4, -0.2) is 25.7 Å². The van der Waals surface area contributed by atoms with Gasteiger partial charge in [-0.2, -0.15) is 5.10 Å². The monoisotopic (exact) mass is 311 g/mol. The van der Waals surface area contributed by atoms with Crippen LogP contribution in [0.3, 0.4) is 0 Å². The molecule has 5 heteroatoms. The van der Waals surface area contributed by atoms with Crippen LogP contribution >= 0.6 is 11.8 Å². The Bertz CT molecular complexity index is 500. The van der Waals surface area contributed by atoms with Crippen molar-refractivity contribution in [3.63, 3.8) is 0 Å². The molecule has 0 radical (unpaired) electrons. The van der Waals surface area contributed by atoms with E-state index in [9.17, 15) is 4.79 Å². The van der Waals surface area contributed by atoms with Crippen molar-refractivity contribution in [2.45, 2.75) is 70.3 Å². The maximum atomic E-state index is 12.5. The number of rotatable bonds is 5. The summed E-state index contributed by atoms with van der Waals surface area (Å²) in [6, 6.07) is 1.96. The second kappa shape index (κ2) is 6.42. The molecule has 0 saturated heterocycles. The first-order valence-electron chi connectivity index (χ1n) is 7.51. The van der Waals surface area contributed by atoms with E-state index in [4.69, 9.17) is 0 Å². The van der Waals surface area contributed by atoms with E-state index in [1.807, 2.05) is 27.0 Å². The highest BCUT2D eigenvalue weighted by atomic mass is 32.2. The quantitative estimate of drug-likeness (QED) is 0.895. The van der Waals surface area contributed by atoms with Gasteiger partial charge in [-0.3, -0.25) is 9.48 Å². The van der Waals surface area contributed by atoms with Crippen molar-refractivity contribution >= 4 is 23.5 Å². The van der Waals surface area contributed by atoms with Crippen LogP contribution in [0.2, 0.25) is 0 Å². The smallest absolute Gasteiger partial charge is 0.241 e. The van der Waals surface area contributed by atoms with Crippen LogP contribution in [-0.2, 0) is 17.3 Å². The van der Waals surface area contributed by atoms with E-state index in [-0.39, 0.29) is 11.3 Å². The first-order valence-corrected chi connectivity index (χ1v) is 8.39. The third-order valence-corrected chi connectivity index (χ3v) is 5.02. The van der Waals surface area contributed by atoms with E-state index in [0.717, 1.165) is 17.9 Å². The minimum atomic E-state index is -0.457. The zero-order chi connectivity index (χ0) is 16.4. The van der Waals surface area contributed by atoms with Crippen molar-refractivity contribution in [3.8, 4) is 0 Å². The summed E-state index contributed by atoms with van der Waals surface area (Å²) in [4.78, 5) is 12.5. The zero-order valence-corrected chi connectivity index (χ0v) is 15.4. The largest absolute Gasteiger partial charge is 0.310 e. The lowest BCUT2D eigenvalue weighted by Crippen LogP contribution is -2.36. The summed E-state index contributed by atoms with van der Waals surface area (Å²) in [6.45, 7) is 14.6. The lowest BCUT2D eigenvalue weighted by atomic mass is 9.92. The van der Waals surface area contributed by atoms with Crippen molar-refractivity contribution < 1.29 is 4.79 Å². The van der Waals surface area contributed by atoms with Gasteiger partial charge in [0.1, 0.15) is 5.82 Å². The van der Waals surface area contributed by atoms with Crippen molar-refractivity contribution in [2.75, 3.05) is 5.32 Å². The van der Waals surface area contributed by atoms with Crippen molar-refractivity contribution in [1.82, 2.24) is 9.78 Å². The van der Waals surface area contributed by atoms with Crippen LogP contribution in [0, 0.1) is 0 Å². The molecule has 0 aromatic carbocycles. The van der Waals surface area contributed by atoms with E-state index in [2.05, 4.69) is 45.0 Å². The molecule has 1 aromatic heterocycles. The SMILES string of the molecule is CCC(C)SC(C)(C)C(=O)Nc1cc(C(C)(C)C)nn1C. The lowest BCUT2D eigenvalue weighted by Gasteiger charge is -2.26. The Morgan fingerprint density at radius 2 is 1.95 bits per heavy atom. The molecule has 0 aliphatic rings. The fourth-order valence-electron chi connectivity index (χ4n) is 1.86. The topological polar surface area (TPSA) is 46.9 Å². The molecule has 1 N–H and O–H groups in total. The second-order valence-electron chi connectivity index (χ2n) is 7.09. The normalized spacial score (nSPS) is 14.1. The van der Waals surface area contributed by atoms with Crippen LogP contribution in [0.5, 0.6) is 0 Å². The standard InChI is InChI=1S/C16H29N3OS/c1-9-11(2)21-16(6,7)14(20)17-13-10-12(15(3,4)5)18-19(13)8/h10-11H,9H2,1-8H3,(H,17,20). The molecule has 1 atom stereocenters. The summed E-state index contributed by atoms with van der Waals surface area (Å²) >= 11 is 1.71. The number of carbonyl (C=O) groups is 1. The Labute approximate surface area is 133 Å². The molecule has 0 aliphatic carbocycles. The number of hydrogen-bond acceptors (Lipinski definition) is 3. The molecular formula is C16H29N3OS. The molecule has 1 unspecified atom stereocenters. The van der Waals surface area contributed by atoms with Crippen LogP contribution in [0.1, 0.15) is 60.6 Å². The van der Waals surface area contributed by atoms with Crippen LogP contribution < -0.4 is 5.32 Å². The number of aromatic nitrogens is 2. The van der Waals surface area contributed by atoms with Crippen LogP contribution in [0.15, 0.2) is 6.07 Å². The number of carbonyl (C=O) groups excluding carboxylic acids is 1. The number of nitrogens with one attached hydrogen (secondary N) is 1. The number of amides is 1. The minimum Gasteiger partial charge on any atom is -0.310 e. The second-order valence-corrected chi connectivity index (χ2v) is 9.15. The molecule has 0 spiro atoms. The molecule has 0 saturated carbocycles. The maximum absolute atomic E-state index is 12.5. The minimum absolute atomic E-state index is 0.0243. The summed E-state index contributed by atoms with van der Waals surface area (Å²) in [6.07, 6.45) is 1.06. The Morgan fingerprint density at radius 1 is 1.38 bits per heavy atom. The van der Waals surface area contributed by atoms with Gasteiger partial charge in [0.15, 0.2) is 0 Å². The molecule has 0 bridgehead atoms. The summed E-state index contributed by atoms with van der Waals surface area (Å²) in [5.41, 5.74) is 0.953. The molecule has 4 nitrogen and oxygen atoms in total. The Hall–Kier alpha value is -0.970. The van der Waals surface area contributed by atoms with Gasteiger partial charge in [0.2, 0.25) is 5.91 Å². The average molecular weight is 311 g/mol. The van der Waals surface area contributed by atoms with Gasteiger partial charge in [-0.25, -0.2) is 0 Å². The molecule has 1 amide bonds. The molecule has 1 heterocycles. The number of aryl methyl sites for hydroxylation is 1. The number of thioether (sulfide) groups is 1. The number of hydrogen-bond donors (Lipinski definition) is 1. The summed E-state index contributed by atoms with van der Waals surface area (Å²) in [7, 11) is 1.86. The Morgan fingerprint density at radius 3 is 2.38 bits per heavy atom. The highest BCUT2D eigenvalue weighted by molar-refractivity contribution is 8.01. The van der Waals surface area contributed by atoms with Gasteiger partial charge >= 0.3 is 0 Å². The van der Waals surface area contributed by atoms with Gasteiger partial charge < -0.3 is 5.32 Å². The van der Waals surface area contributed by atoms with E-state index < -0.39 is 4.75 Å². The molecular weight excluding hydrogens is 282 g/mol. The van der Waals surface area contributed by atoms with Gasteiger partial charge in [-0.05, 0) is 20.3 Å². The van der Waals surface area contributed by atoms with Crippen molar-refractivity contribution in [1.29, 1.82) is 0 Å². The van der Waals surface area contributed by atoms with E-state index in [0.29, 0.717) is 5.25 Å². The molecule has 1 aromatic rings. The first-order chi connectivity index (χ1) is 9.47. The van der Waals surface area contributed by atoms with Crippen LogP contribution in [0.4, 0.5) is 5.82 Å². The molecule has 120 valence electrons. The zero-order valence-electron chi connectivity index (χ0n) is 14.6. The molecule has 1 rings (SSSR count). The first kappa shape index (κ1) is 18.1. The number of anilines is 1. The van der Waals surface area contributed by atoms with Crippen molar-refractivity contribution in [3.05, 3.63) is 11.8 Å². The van der Waals surface area contributed by atoms with Gasteiger partial charge in [-0.15, -0.1) is 11.8 Å². The maximum Gasteiger partial charge on any atom is 0.241 e. The van der Waals surface area contributed by atoms with Gasteiger partial charge in [-0.1, -0.05) is 34.6 Å². The molecule has 0 aliphatic heterocycles. The van der Waals surface area contributed by atoms with E-state index in [1.54, 1.807) is 16.4 Å². The predicted molar refractivity (Wildman–Crippen MR) is 92.0 cm³/mol. The van der Waals surface area contributed by atoms with E-state index >= 15 is 0 Å². The molecule has 0 fully saturated rings. The highest BCUT2D eigenvalue weighted by Crippen LogP contribution is 2.32. The lowest BCUT2D eigenvalue weighted by molar-refractivity contribution is -0.117. The third kappa shape index (κ3) is 4.77. The fourth-order valence-corrected chi connectivity index (χ4v) is 3.19. The van der Waals surface area contributed by atoms with E-state index in [1.165, 1.54) is 0 Å². The Kier molecular flexibility index (Phi) is 5.53. The summed E-state index contributed by atoms with van der Waals surface area (Å²) in [5.74, 6) is 0.777. The summed E-state index contributed by atoms with van der Waals surface area (Å²) < 4.78 is 1.28. The van der Waals surface area contributed by atoms with Crippen LogP contribution in [0.25, 0.3) is 0 Å². The predicted octanol–water partition coefficient (Wildman–Crippen LogP) is 3.97. The van der Waals surface area contributed by atoms with Gasteiger partial charge in [0.05, 0.1) is 10.4 Å². The number of nitrogens with zero attached hydrogens (tertiary/aromatic N) is 2. The molecule has 21 heavy (non-hydrogen) atoms. The average Bonchev–Trinajstić information content (AvgIpc) is 2.70. The van der Waals surface area contributed by atoms with Gasteiger partial charge in [0, 0.05) is 23.8 Å².